The van der Waals surface area contributed by atoms with E-state index in [0.717, 1.165) is 11.3 Å². The Labute approximate surface area is 157 Å². The van der Waals surface area contributed by atoms with Crippen molar-refractivity contribution in [1.82, 2.24) is 15.4 Å². The van der Waals surface area contributed by atoms with Crippen molar-refractivity contribution in [2.75, 3.05) is 18.9 Å². The fraction of sp³-hybridized carbons (Fsp3) is 0.389. The number of nitrogens with zero attached hydrogens (tertiary/aromatic N) is 2. The molecular formula is C18H23ClN4O3. The third-order valence-corrected chi connectivity index (χ3v) is 4.16. The van der Waals surface area contributed by atoms with Crippen molar-refractivity contribution < 1.29 is 14.1 Å². The molecule has 2 N–H and O–H groups in total. The van der Waals surface area contributed by atoms with Gasteiger partial charge in [0, 0.05) is 36.3 Å². The Kier molecular flexibility index (Phi) is 7.03. The molecule has 0 aliphatic heterocycles. The quantitative estimate of drug-likeness (QED) is 0.722. The Bertz CT molecular complexity index is 739. The van der Waals surface area contributed by atoms with E-state index in [1.54, 1.807) is 36.2 Å². The summed E-state index contributed by atoms with van der Waals surface area (Å²) in [4.78, 5) is 25.5. The number of aromatic nitrogens is 1. The molecule has 0 unspecified atom stereocenters. The summed E-state index contributed by atoms with van der Waals surface area (Å²) in [6.07, 6.45) is 0.862. The average Bonchev–Trinajstić information content (AvgIpc) is 2.92. The molecule has 3 amide bonds. The summed E-state index contributed by atoms with van der Waals surface area (Å²) in [6, 6.07) is 6.71. The molecule has 1 aromatic heterocycles. The maximum atomic E-state index is 12.1. The Morgan fingerprint density at radius 1 is 1.23 bits per heavy atom. The SMILES string of the molecule is Cc1noc(C)c1CN(C)C(=O)NCCCC(=O)Nc1ccc(Cl)cc1. The number of hydrogen-bond acceptors (Lipinski definition) is 4. The maximum Gasteiger partial charge on any atom is 0.317 e. The van der Waals surface area contributed by atoms with Crippen LogP contribution in [-0.2, 0) is 11.3 Å². The fourth-order valence-electron chi connectivity index (χ4n) is 2.37. The van der Waals surface area contributed by atoms with Crippen molar-refractivity contribution >= 4 is 29.2 Å². The summed E-state index contributed by atoms with van der Waals surface area (Å²) >= 11 is 5.80. The molecule has 7 nitrogen and oxygen atoms in total. The lowest BCUT2D eigenvalue weighted by atomic mass is 10.2. The number of nitrogens with one attached hydrogen (secondary N) is 2. The third-order valence-electron chi connectivity index (χ3n) is 3.91. The van der Waals surface area contributed by atoms with E-state index in [-0.39, 0.29) is 11.9 Å². The maximum absolute atomic E-state index is 12.1. The van der Waals surface area contributed by atoms with Gasteiger partial charge in [-0.15, -0.1) is 0 Å². The van der Waals surface area contributed by atoms with E-state index in [0.29, 0.717) is 42.4 Å². The van der Waals surface area contributed by atoms with Crippen LogP contribution in [0, 0.1) is 13.8 Å². The highest BCUT2D eigenvalue weighted by atomic mass is 35.5. The minimum atomic E-state index is -0.205. The van der Waals surface area contributed by atoms with Crippen LogP contribution in [0.4, 0.5) is 10.5 Å². The molecule has 26 heavy (non-hydrogen) atoms. The molecule has 0 aliphatic carbocycles. The van der Waals surface area contributed by atoms with E-state index in [4.69, 9.17) is 16.1 Å². The summed E-state index contributed by atoms with van der Waals surface area (Å²) in [7, 11) is 1.70. The predicted octanol–water partition coefficient (Wildman–Crippen LogP) is 3.51. The van der Waals surface area contributed by atoms with Gasteiger partial charge in [-0.2, -0.15) is 0 Å². The standard InChI is InChI=1S/C18H23ClN4O3/c1-12-16(13(2)26-22-12)11-23(3)18(25)20-10-4-5-17(24)21-15-8-6-14(19)7-9-15/h6-9H,4-5,10-11H2,1-3H3,(H,20,25)(H,21,24). The van der Waals surface area contributed by atoms with Crippen LogP contribution in [0.3, 0.4) is 0 Å². The second-order valence-electron chi connectivity index (χ2n) is 6.05. The Morgan fingerprint density at radius 3 is 2.54 bits per heavy atom. The van der Waals surface area contributed by atoms with Crippen molar-refractivity contribution in [2.24, 2.45) is 0 Å². The van der Waals surface area contributed by atoms with Gasteiger partial charge < -0.3 is 20.1 Å². The topological polar surface area (TPSA) is 87.5 Å². The molecule has 2 aromatic rings. The zero-order valence-corrected chi connectivity index (χ0v) is 15.9. The summed E-state index contributed by atoms with van der Waals surface area (Å²) in [5.74, 6) is 0.603. The van der Waals surface area contributed by atoms with E-state index in [1.807, 2.05) is 13.8 Å². The van der Waals surface area contributed by atoms with E-state index in [2.05, 4.69) is 15.8 Å². The lowest BCUT2D eigenvalue weighted by molar-refractivity contribution is -0.116. The largest absolute Gasteiger partial charge is 0.361 e. The van der Waals surface area contributed by atoms with Gasteiger partial charge in [0.1, 0.15) is 5.76 Å². The normalized spacial score (nSPS) is 10.5. The molecule has 0 spiro atoms. The molecule has 0 saturated carbocycles. The summed E-state index contributed by atoms with van der Waals surface area (Å²) in [6.45, 7) is 4.50. The number of aryl methyl sites for hydroxylation is 2. The lowest BCUT2D eigenvalue weighted by Gasteiger charge is -2.17. The van der Waals surface area contributed by atoms with Crippen LogP contribution in [-0.4, -0.2) is 35.6 Å². The van der Waals surface area contributed by atoms with Gasteiger partial charge in [0.15, 0.2) is 0 Å². The highest BCUT2D eigenvalue weighted by Gasteiger charge is 2.15. The van der Waals surface area contributed by atoms with Crippen molar-refractivity contribution in [1.29, 1.82) is 0 Å². The first-order chi connectivity index (χ1) is 12.4. The first kappa shape index (κ1) is 19.8. The molecule has 0 atom stereocenters. The molecule has 0 saturated heterocycles. The minimum Gasteiger partial charge on any atom is -0.361 e. The van der Waals surface area contributed by atoms with Crippen LogP contribution in [0.5, 0.6) is 0 Å². The molecule has 0 aliphatic rings. The highest BCUT2D eigenvalue weighted by Crippen LogP contribution is 2.15. The van der Waals surface area contributed by atoms with Crippen molar-refractivity contribution in [3.8, 4) is 0 Å². The van der Waals surface area contributed by atoms with Crippen LogP contribution >= 0.6 is 11.6 Å². The first-order valence-corrected chi connectivity index (χ1v) is 8.70. The molecule has 2 rings (SSSR count). The van der Waals surface area contributed by atoms with Crippen LogP contribution in [0.15, 0.2) is 28.8 Å². The predicted molar refractivity (Wildman–Crippen MR) is 100 cm³/mol. The van der Waals surface area contributed by atoms with Gasteiger partial charge >= 0.3 is 6.03 Å². The monoisotopic (exact) mass is 378 g/mol. The van der Waals surface area contributed by atoms with E-state index >= 15 is 0 Å². The number of amides is 3. The number of rotatable bonds is 7. The second-order valence-corrected chi connectivity index (χ2v) is 6.49. The van der Waals surface area contributed by atoms with Gasteiger partial charge in [-0.25, -0.2) is 4.79 Å². The molecular weight excluding hydrogens is 356 g/mol. The van der Waals surface area contributed by atoms with Crippen molar-refractivity contribution in [3.63, 3.8) is 0 Å². The molecule has 1 heterocycles. The van der Waals surface area contributed by atoms with Crippen LogP contribution in [0.1, 0.15) is 29.9 Å². The van der Waals surface area contributed by atoms with Gasteiger partial charge in [-0.05, 0) is 44.5 Å². The number of carbonyl (C=O) groups excluding carboxylic acids is 2. The highest BCUT2D eigenvalue weighted by molar-refractivity contribution is 6.30. The van der Waals surface area contributed by atoms with Gasteiger partial charge in [-0.3, -0.25) is 4.79 Å². The van der Waals surface area contributed by atoms with Crippen molar-refractivity contribution in [2.45, 2.75) is 33.2 Å². The smallest absolute Gasteiger partial charge is 0.317 e. The van der Waals surface area contributed by atoms with Crippen LogP contribution in [0.25, 0.3) is 0 Å². The number of urea groups is 1. The summed E-state index contributed by atoms with van der Waals surface area (Å²) < 4.78 is 5.10. The molecule has 140 valence electrons. The van der Waals surface area contributed by atoms with Gasteiger partial charge in [0.05, 0.1) is 12.2 Å². The molecule has 8 heteroatoms. The van der Waals surface area contributed by atoms with Gasteiger partial charge in [0.2, 0.25) is 5.91 Å². The number of carbonyl (C=O) groups is 2. The van der Waals surface area contributed by atoms with Crippen molar-refractivity contribution in [3.05, 3.63) is 46.3 Å². The minimum absolute atomic E-state index is 0.106. The zero-order valence-electron chi connectivity index (χ0n) is 15.1. The van der Waals surface area contributed by atoms with E-state index in [1.165, 1.54) is 0 Å². The zero-order chi connectivity index (χ0) is 19.1. The number of halogens is 1. The van der Waals surface area contributed by atoms with Crippen LogP contribution in [0.2, 0.25) is 5.02 Å². The summed E-state index contributed by atoms with van der Waals surface area (Å²) in [5, 5.41) is 10.1. The van der Waals surface area contributed by atoms with Gasteiger partial charge in [0.25, 0.3) is 0 Å². The summed E-state index contributed by atoms with van der Waals surface area (Å²) in [5.41, 5.74) is 2.38. The van der Waals surface area contributed by atoms with Gasteiger partial charge in [-0.1, -0.05) is 16.8 Å². The second kappa shape index (κ2) is 9.24. The average molecular weight is 379 g/mol. The first-order valence-electron chi connectivity index (χ1n) is 8.33. The fourth-order valence-corrected chi connectivity index (χ4v) is 2.50. The molecule has 1 aromatic carbocycles. The third kappa shape index (κ3) is 5.77. The van der Waals surface area contributed by atoms with E-state index < -0.39 is 0 Å². The van der Waals surface area contributed by atoms with Crippen LogP contribution < -0.4 is 10.6 Å². The number of benzene rings is 1. The Hall–Kier alpha value is -2.54. The Morgan fingerprint density at radius 2 is 1.92 bits per heavy atom. The molecule has 0 fully saturated rings. The number of anilines is 1. The van der Waals surface area contributed by atoms with E-state index in [9.17, 15) is 9.59 Å². The Balaban J connectivity index is 1.67. The lowest BCUT2D eigenvalue weighted by Crippen LogP contribution is -2.37. The molecule has 0 bridgehead atoms. The number of hydrogen-bond donors (Lipinski definition) is 2. The molecule has 0 radical (unpaired) electrons.